The lowest BCUT2D eigenvalue weighted by atomic mass is 9.82. The highest BCUT2D eigenvalue weighted by Crippen LogP contribution is 2.53. The fourth-order valence-electron chi connectivity index (χ4n) is 12.4. The van der Waals surface area contributed by atoms with E-state index >= 15 is 0 Å². The van der Waals surface area contributed by atoms with Crippen LogP contribution in [-0.2, 0) is 10.8 Å². The second kappa shape index (κ2) is 11.8. The molecule has 0 aliphatic heterocycles. The molecule has 10 aromatic carbocycles. The predicted molar refractivity (Wildman–Crippen MR) is 275 cm³/mol. The van der Waals surface area contributed by atoms with Crippen molar-refractivity contribution in [3.8, 4) is 44.5 Å². The quantitative estimate of drug-likeness (QED) is 0.163. The Kier molecular flexibility index (Phi) is 6.52. The summed E-state index contributed by atoms with van der Waals surface area (Å²) in [6.45, 7) is 9.42. The maximum atomic E-state index is 2.58. The largest absolute Gasteiger partial charge is 0.308 e. The van der Waals surface area contributed by atoms with Gasteiger partial charge in [-0.05, 0) is 149 Å². The molecule has 0 spiro atoms. The van der Waals surface area contributed by atoms with Gasteiger partial charge in [0.1, 0.15) is 0 Å². The monoisotopic (exact) mass is 831 g/mol. The molecule has 0 atom stereocenters. The third-order valence-electron chi connectivity index (χ3n) is 15.6. The van der Waals surface area contributed by atoms with E-state index in [0.29, 0.717) is 0 Å². The topological polar surface area (TPSA) is 4.41 Å². The van der Waals surface area contributed by atoms with Crippen LogP contribution >= 0.6 is 11.3 Å². The highest BCUT2D eigenvalue weighted by molar-refractivity contribution is 7.26. The van der Waals surface area contributed by atoms with E-state index in [9.17, 15) is 0 Å². The van der Waals surface area contributed by atoms with Gasteiger partial charge in [0.25, 0.3) is 0 Å². The Balaban J connectivity index is 0.944. The first-order valence-electron chi connectivity index (χ1n) is 22.7. The van der Waals surface area contributed by atoms with Crippen LogP contribution in [0.3, 0.4) is 0 Å². The van der Waals surface area contributed by atoms with Gasteiger partial charge < -0.3 is 4.40 Å². The van der Waals surface area contributed by atoms with Crippen LogP contribution in [0.25, 0.3) is 124 Å². The van der Waals surface area contributed by atoms with Gasteiger partial charge in [-0.2, -0.15) is 0 Å². The Labute approximate surface area is 374 Å². The van der Waals surface area contributed by atoms with Gasteiger partial charge in [0.2, 0.25) is 0 Å². The van der Waals surface area contributed by atoms with Crippen molar-refractivity contribution in [2.24, 2.45) is 0 Å². The summed E-state index contributed by atoms with van der Waals surface area (Å²) in [6.07, 6.45) is 0. The molecule has 0 saturated carbocycles. The zero-order valence-corrected chi connectivity index (χ0v) is 36.9. The van der Waals surface area contributed by atoms with Gasteiger partial charge in [-0.15, -0.1) is 11.3 Å². The first-order chi connectivity index (χ1) is 31.2. The van der Waals surface area contributed by atoms with Gasteiger partial charge in [-0.1, -0.05) is 143 Å². The minimum Gasteiger partial charge on any atom is -0.308 e. The summed E-state index contributed by atoms with van der Waals surface area (Å²) in [5.41, 5.74) is 20.0. The molecule has 300 valence electrons. The van der Waals surface area contributed by atoms with Crippen molar-refractivity contribution in [1.29, 1.82) is 0 Å². The standard InChI is InChI=1S/C62H41NS/c1-61(2)51-14-8-5-11-42(51)45-27-36(21-23-53(45)61)34-17-19-38-31-55-47(29-40(38)25-34)48-33-49-44-13-7-10-16-57(44)64-60(49)58-50-30-41-26-35(18-20-39(41)32-56(50)63(55)59(48)58)37-22-24-54-46(28-37)43-12-6-9-15-52(43)62(54,3)4/h5-33H,1-4H3. The summed E-state index contributed by atoms with van der Waals surface area (Å²) in [7, 11) is 0. The molecule has 3 aromatic heterocycles. The van der Waals surface area contributed by atoms with Crippen LogP contribution in [0.15, 0.2) is 176 Å². The molecule has 2 heteroatoms. The fourth-order valence-corrected chi connectivity index (χ4v) is 13.7. The molecule has 3 heterocycles. The van der Waals surface area contributed by atoms with Crippen LogP contribution in [-0.4, -0.2) is 4.40 Å². The van der Waals surface area contributed by atoms with Crippen molar-refractivity contribution in [2.75, 3.05) is 0 Å². The first-order valence-corrected chi connectivity index (χ1v) is 23.5. The molecule has 2 aliphatic carbocycles. The molecule has 0 amide bonds. The van der Waals surface area contributed by atoms with Crippen LogP contribution in [0.4, 0.5) is 0 Å². The minimum atomic E-state index is -0.00264. The van der Waals surface area contributed by atoms with Crippen LogP contribution in [0.1, 0.15) is 49.9 Å². The summed E-state index contributed by atoms with van der Waals surface area (Å²) in [6, 6.07) is 67.6. The maximum absolute atomic E-state index is 2.58. The highest BCUT2D eigenvalue weighted by Gasteiger charge is 2.36. The summed E-state index contributed by atoms with van der Waals surface area (Å²) < 4.78 is 5.30. The van der Waals surface area contributed by atoms with E-state index in [1.54, 1.807) is 0 Å². The van der Waals surface area contributed by atoms with E-state index in [1.165, 1.54) is 147 Å². The van der Waals surface area contributed by atoms with Gasteiger partial charge in [-0.25, -0.2) is 0 Å². The molecule has 2 aliphatic rings. The van der Waals surface area contributed by atoms with E-state index in [2.05, 4.69) is 208 Å². The van der Waals surface area contributed by atoms with Gasteiger partial charge >= 0.3 is 0 Å². The predicted octanol–water partition coefficient (Wildman–Crippen LogP) is 17.5. The number of aromatic nitrogens is 1. The van der Waals surface area contributed by atoms with Gasteiger partial charge in [0.15, 0.2) is 0 Å². The first kappa shape index (κ1) is 35.2. The fraction of sp³-hybridized carbons (Fsp3) is 0.0968. The normalized spacial score (nSPS) is 14.8. The molecule has 13 aromatic rings. The zero-order valence-electron chi connectivity index (χ0n) is 36.1. The van der Waals surface area contributed by atoms with Crippen molar-refractivity contribution in [3.05, 3.63) is 198 Å². The number of thiophene rings is 1. The molecule has 64 heavy (non-hydrogen) atoms. The van der Waals surface area contributed by atoms with Gasteiger partial charge in [0.05, 0.1) is 16.6 Å². The van der Waals surface area contributed by atoms with E-state index in [0.717, 1.165) is 0 Å². The van der Waals surface area contributed by atoms with Gasteiger partial charge in [0, 0.05) is 52.5 Å². The molecule has 0 N–H and O–H groups in total. The third kappa shape index (κ3) is 4.39. The van der Waals surface area contributed by atoms with Crippen molar-refractivity contribution < 1.29 is 0 Å². The molecule has 0 fully saturated rings. The summed E-state index contributed by atoms with van der Waals surface area (Å²) in [5.74, 6) is 0. The number of fused-ring (bicyclic) bond motifs is 18. The second-order valence-corrected chi connectivity index (χ2v) is 20.7. The molecule has 0 unspecified atom stereocenters. The lowest BCUT2D eigenvalue weighted by molar-refractivity contribution is 0.660. The molecule has 15 rings (SSSR count). The number of benzene rings is 10. The van der Waals surface area contributed by atoms with E-state index in [1.807, 2.05) is 11.3 Å². The van der Waals surface area contributed by atoms with Crippen LogP contribution in [0, 0.1) is 0 Å². The van der Waals surface area contributed by atoms with Crippen molar-refractivity contribution in [3.63, 3.8) is 0 Å². The van der Waals surface area contributed by atoms with E-state index in [4.69, 9.17) is 0 Å². The van der Waals surface area contributed by atoms with E-state index < -0.39 is 0 Å². The molecule has 0 bridgehead atoms. The van der Waals surface area contributed by atoms with Crippen LogP contribution in [0.2, 0.25) is 0 Å². The lowest BCUT2D eigenvalue weighted by Gasteiger charge is -2.21. The Bertz CT molecular complexity index is 4250. The highest BCUT2D eigenvalue weighted by atomic mass is 32.1. The van der Waals surface area contributed by atoms with Crippen molar-refractivity contribution in [2.45, 2.75) is 38.5 Å². The summed E-state index contributed by atoms with van der Waals surface area (Å²) >= 11 is 1.94. The Hall–Kier alpha value is -7.26. The summed E-state index contributed by atoms with van der Waals surface area (Å²) in [5, 5.41) is 13.1. The van der Waals surface area contributed by atoms with Crippen LogP contribution < -0.4 is 0 Å². The average molecular weight is 832 g/mol. The summed E-state index contributed by atoms with van der Waals surface area (Å²) in [4.78, 5) is 0. The van der Waals surface area contributed by atoms with Crippen molar-refractivity contribution >= 4 is 91.1 Å². The second-order valence-electron chi connectivity index (χ2n) is 19.7. The third-order valence-corrected chi connectivity index (χ3v) is 16.9. The molecule has 1 nitrogen and oxygen atoms in total. The molecular weight excluding hydrogens is 791 g/mol. The molecule has 0 saturated heterocycles. The molecular formula is C62H41NS. The smallest absolute Gasteiger partial charge is 0.0635 e. The Morgan fingerprint density at radius 3 is 1.48 bits per heavy atom. The lowest BCUT2D eigenvalue weighted by Crippen LogP contribution is -2.14. The van der Waals surface area contributed by atoms with Crippen LogP contribution in [0.5, 0.6) is 0 Å². The molecule has 0 radical (unpaired) electrons. The number of hydrogen-bond acceptors (Lipinski definition) is 1. The zero-order chi connectivity index (χ0) is 42.4. The number of hydrogen-bond donors (Lipinski definition) is 0. The Morgan fingerprint density at radius 1 is 0.359 bits per heavy atom. The maximum Gasteiger partial charge on any atom is 0.0635 e. The van der Waals surface area contributed by atoms with Crippen molar-refractivity contribution in [1.82, 2.24) is 4.40 Å². The minimum absolute atomic E-state index is 0.00138. The SMILES string of the molecule is CC1(C)c2ccccc2-c2cc(-c3ccc4cc5c(cc4c3)c3cc4c6ccccc6sc4c4c6cc7cc(-c8ccc9c(c8)-c8ccccc8C9(C)C)ccc7cc6n5c34)ccc21. The average Bonchev–Trinajstić information content (AvgIpc) is 4.07. The number of nitrogens with zero attached hydrogens (tertiary/aromatic N) is 1. The number of rotatable bonds is 2. The Morgan fingerprint density at radius 2 is 0.859 bits per heavy atom. The van der Waals surface area contributed by atoms with E-state index in [-0.39, 0.29) is 10.8 Å². The van der Waals surface area contributed by atoms with Gasteiger partial charge in [-0.3, -0.25) is 0 Å².